The first-order valence-corrected chi connectivity index (χ1v) is 12.3. The number of benzene rings is 3. The van der Waals surface area contributed by atoms with Crippen molar-refractivity contribution in [2.75, 3.05) is 10.2 Å². The predicted octanol–water partition coefficient (Wildman–Crippen LogP) is 5.46. The van der Waals surface area contributed by atoms with E-state index in [2.05, 4.69) is 11.4 Å². The lowest BCUT2D eigenvalue weighted by molar-refractivity contribution is -0.138. The number of amides is 1. The van der Waals surface area contributed by atoms with Gasteiger partial charge in [-0.05, 0) is 59.9 Å². The molecule has 2 N–H and O–H groups in total. The highest BCUT2D eigenvalue weighted by molar-refractivity contribution is 6.06. The number of hydrogen-bond acceptors (Lipinski definition) is 5. The molecule has 0 spiro atoms. The molecule has 0 fully saturated rings. The van der Waals surface area contributed by atoms with E-state index in [1.165, 1.54) is 17.0 Å². The van der Waals surface area contributed by atoms with Gasteiger partial charge in [-0.25, -0.2) is 4.39 Å². The average molecular weight is 510 g/mol. The van der Waals surface area contributed by atoms with E-state index < -0.39 is 17.9 Å². The van der Waals surface area contributed by atoms with Gasteiger partial charge in [0, 0.05) is 24.1 Å². The van der Waals surface area contributed by atoms with Crippen molar-refractivity contribution in [3.05, 3.63) is 107 Å². The molecule has 5 rings (SSSR count). The van der Waals surface area contributed by atoms with Crippen LogP contribution in [0.2, 0.25) is 0 Å². The Morgan fingerprint density at radius 3 is 2.34 bits per heavy atom. The number of allylic oxidation sites excluding steroid dienone is 1. The normalized spacial score (nSPS) is 18.5. The summed E-state index contributed by atoms with van der Waals surface area (Å²) in [6.45, 7) is 0. The summed E-state index contributed by atoms with van der Waals surface area (Å²) >= 11 is 0. The summed E-state index contributed by atoms with van der Waals surface area (Å²) in [5.74, 6) is -2.22. The molecular formula is C30H24FN3O4. The molecule has 0 saturated carbocycles. The maximum Gasteiger partial charge on any atom is 0.303 e. The Hall–Kier alpha value is -4.77. The fourth-order valence-electron chi connectivity index (χ4n) is 5.23. The minimum Gasteiger partial charge on any atom is -0.481 e. The summed E-state index contributed by atoms with van der Waals surface area (Å²) in [5, 5.41) is 21.9. The van der Waals surface area contributed by atoms with Crippen molar-refractivity contribution in [3.63, 3.8) is 0 Å². The van der Waals surface area contributed by atoms with Crippen LogP contribution in [-0.2, 0) is 14.4 Å². The Bertz CT molecular complexity index is 1490. The maximum absolute atomic E-state index is 13.9. The first-order chi connectivity index (χ1) is 18.4. The van der Waals surface area contributed by atoms with Crippen molar-refractivity contribution in [1.82, 2.24) is 0 Å². The fourth-order valence-corrected chi connectivity index (χ4v) is 5.23. The smallest absolute Gasteiger partial charge is 0.303 e. The van der Waals surface area contributed by atoms with Gasteiger partial charge >= 0.3 is 5.97 Å². The summed E-state index contributed by atoms with van der Waals surface area (Å²) in [6, 6.07) is 21.3. The molecule has 1 aliphatic carbocycles. The summed E-state index contributed by atoms with van der Waals surface area (Å²) in [6.07, 6.45) is 0.0420. The largest absolute Gasteiger partial charge is 0.481 e. The lowest BCUT2D eigenvalue weighted by atomic mass is 9.78. The number of ketones is 1. The van der Waals surface area contributed by atoms with Gasteiger partial charge in [0.1, 0.15) is 5.82 Å². The molecule has 1 heterocycles. The number of carbonyl (C=O) groups is 3. The van der Waals surface area contributed by atoms with Crippen LogP contribution in [0, 0.1) is 17.1 Å². The van der Waals surface area contributed by atoms with Crippen molar-refractivity contribution in [2.45, 2.75) is 37.6 Å². The molecule has 3 aromatic rings. The standard InChI is InChI=1S/C30H24FN3O4/c31-22-11-9-19(10-12-22)21-15-24-29(26(35)16-21)30(20-7-5-18(17-32)6-8-20)34(27(36)13-14-28(37)38)25-4-2-1-3-23(25)33-24/h1-12,21,30,33H,13-16H2,(H,37,38)/t21-,30+/m0/s1. The van der Waals surface area contributed by atoms with E-state index >= 15 is 0 Å². The number of nitrogens with one attached hydrogen (secondary N) is 1. The van der Waals surface area contributed by atoms with Crippen molar-refractivity contribution < 1.29 is 23.9 Å². The number of aliphatic carboxylic acids is 1. The number of fused-ring (bicyclic) bond motifs is 1. The Labute approximate surface area is 218 Å². The number of Topliss-reactive ketones (excluding diaryl/α,β-unsaturated/α-hetero) is 1. The molecule has 38 heavy (non-hydrogen) atoms. The van der Waals surface area contributed by atoms with E-state index in [1.807, 2.05) is 12.1 Å². The van der Waals surface area contributed by atoms with Gasteiger partial charge in [-0.3, -0.25) is 19.3 Å². The second kappa shape index (κ2) is 10.3. The van der Waals surface area contributed by atoms with Crippen LogP contribution in [-0.4, -0.2) is 22.8 Å². The third kappa shape index (κ3) is 4.78. The number of carboxylic acid groups (broad SMARTS) is 1. The molecule has 8 heteroatoms. The molecule has 7 nitrogen and oxygen atoms in total. The minimum atomic E-state index is -1.09. The van der Waals surface area contributed by atoms with E-state index in [1.54, 1.807) is 48.5 Å². The Morgan fingerprint density at radius 2 is 1.66 bits per heavy atom. The van der Waals surface area contributed by atoms with Crippen LogP contribution in [0.1, 0.15) is 54.3 Å². The lowest BCUT2D eigenvalue weighted by Gasteiger charge is -2.35. The molecule has 1 aliphatic heterocycles. The number of anilines is 2. The highest BCUT2D eigenvalue weighted by Gasteiger charge is 2.41. The van der Waals surface area contributed by atoms with E-state index in [-0.39, 0.29) is 36.8 Å². The number of halogens is 1. The molecule has 2 atom stereocenters. The molecule has 3 aromatic carbocycles. The zero-order chi connectivity index (χ0) is 26.8. The third-order valence-corrected chi connectivity index (χ3v) is 7.01. The van der Waals surface area contributed by atoms with Crippen LogP contribution in [0.15, 0.2) is 84.1 Å². The van der Waals surface area contributed by atoms with Gasteiger partial charge in [-0.2, -0.15) is 5.26 Å². The molecule has 1 amide bonds. The van der Waals surface area contributed by atoms with Gasteiger partial charge < -0.3 is 10.4 Å². The molecule has 0 bridgehead atoms. The molecule has 0 saturated heterocycles. The number of nitriles is 1. The van der Waals surface area contributed by atoms with Gasteiger partial charge in [0.2, 0.25) is 5.91 Å². The van der Waals surface area contributed by atoms with Crippen LogP contribution >= 0.6 is 0 Å². The first-order valence-electron chi connectivity index (χ1n) is 12.3. The van der Waals surface area contributed by atoms with Gasteiger partial charge in [0.25, 0.3) is 0 Å². The average Bonchev–Trinajstić information content (AvgIpc) is 3.07. The van der Waals surface area contributed by atoms with Crippen LogP contribution in [0.3, 0.4) is 0 Å². The van der Waals surface area contributed by atoms with E-state index in [9.17, 15) is 29.1 Å². The van der Waals surface area contributed by atoms with Crippen LogP contribution < -0.4 is 10.2 Å². The minimum absolute atomic E-state index is 0.161. The highest BCUT2D eigenvalue weighted by Crippen LogP contribution is 2.47. The molecular weight excluding hydrogens is 485 g/mol. The second-order valence-electron chi connectivity index (χ2n) is 9.41. The summed E-state index contributed by atoms with van der Waals surface area (Å²) < 4.78 is 13.6. The van der Waals surface area contributed by atoms with Gasteiger partial charge in [-0.1, -0.05) is 36.4 Å². The van der Waals surface area contributed by atoms with Crippen molar-refractivity contribution in [3.8, 4) is 6.07 Å². The molecule has 2 aliphatic rings. The van der Waals surface area contributed by atoms with Crippen molar-refractivity contribution in [1.29, 1.82) is 5.26 Å². The molecule has 0 aromatic heterocycles. The van der Waals surface area contributed by atoms with E-state index in [4.69, 9.17) is 0 Å². The topological polar surface area (TPSA) is 111 Å². The first kappa shape index (κ1) is 24.9. The number of hydrogen-bond donors (Lipinski definition) is 2. The number of para-hydroxylation sites is 2. The number of carbonyl (C=O) groups excluding carboxylic acids is 2. The summed E-state index contributed by atoms with van der Waals surface area (Å²) in [5.41, 5.74) is 4.14. The summed E-state index contributed by atoms with van der Waals surface area (Å²) in [4.78, 5) is 40.3. The van der Waals surface area contributed by atoms with Gasteiger partial charge in [-0.15, -0.1) is 0 Å². The molecule has 190 valence electrons. The molecule has 0 radical (unpaired) electrons. The monoisotopic (exact) mass is 509 g/mol. The Morgan fingerprint density at radius 1 is 0.974 bits per heavy atom. The predicted molar refractivity (Wildman–Crippen MR) is 139 cm³/mol. The Kier molecular flexibility index (Phi) is 6.75. The number of carboxylic acids is 1. The highest BCUT2D eigenvalue weighted by atomic mass is 19.1. The van der Waals surface area contributed by atoms with Crippen LogP contribution in [0.4, 0.5) is 15.8 Å². The maximum atomic E-state index is 13.9. The zero-order valence-electron chi connectivity index (χ0n) is 20.4. The van der Waals surface area contributed by atoms with Gasteiger partial charge in [0.05, 0.1) is 35.5 Å². The van der Waals surface area contributed by atoms with Crippen molar-refractivity contribution >= 4 is 29.0 Å². The van der Waals surface area contributed by atoms with Gasteiger partial charge in [0.15, 0.2) is 5.78 Å². The zero-order valence-corrected chi connectivity index (χ0v) is 20.4. The van der Waals surface area contributed by atoms with E-state index in [0.717, 1.165) is 5.56 Å². The second-order valence-corrected chi connectivity index (χ2v) is 9.41. The van der Waals surface area contributed by atoms with Crippen LogP contribution in [0.5, 0.6) is 0 Å². The van der Waals surface area contributed by atoms with E-state index in [0.29, 0.717) is 40.2 Å². The van der Waals surface area contributed by atoms with Crippen molar-refractivity contribution in [2.24, 2.45) is 0 Å². The third-order valence-electron chi connectivity index (χ3n) is 7.01. The molecule has 0 unspecified atom stereocenters. The van der Waals surface area contributed by atoms with Crippen LogP contribution in [0.25, 0.3) is 0 Å². The SMILES string of the molecule is N#Cc1ccc([C@@H]2C3=C(C[C@H](c4ccc(F)cc4)CC3=O)Nc3ccccc3N2C(=O)CCC(=O)O)cc1. The number of rotatable bonds is 5. The fraction of sp³-hybridized carbons (Fsp3) is 0.200. The summed E-state index contributed by atoms with van der Waals surface area (Å²) in [7, 11) is 0. The lowest BCUT2D eigenvalue weighted by Crippen LogP contribution is -2.38. The Balaban J connectivity index is 1.68. The number of nitrogens with zero attached hydrogens (tertiary/aromatic N) is 2. The quantitative estimate of drug-likeness (QED) is 0.472.